The Morgan fingerprint density at radius 2 is 1.94 bits per heavy atom. The molecule has 0 saturated heterocycles. The first-order valence-electron chi connectivity index (χ1n) is 5.54. The lowest BCUT2D eigenvalue weighted by Gasteiger charge is -2.19. The molecule has 1 rings (SSSR count). The molecule has 1 aromatic carbocycles. The summed E-state index contributed by atoms with van der Waals surface area (Å²) in [4.78, 5) is 11.5. The fraction of sp³-hybridized carbons (Fsp3) is 0.462. The number of rotatable bonds is 5. The first-order chi connectivity index (χ1) is 7.93. The number of anilines is 1. The van der Waals surface area contributed by atoms with E-state index in [1.54, 1.807) is 12.1 Å². The number of benzene rings is 1. The Kier molecular flexibility index (Phi) is 4.52. The summed E-state index contributed by atoms with van der Waals surface area (Å²) in [6.45, 7) is 3.83. The van der Waals surface area contributed by atoms with Gasteiger partial charge in [-0.25, -0.2) is 0 Å². The standard InChI is InChI=1S/C13H19NO3/c1-13(2,9-15)7-12(16)17-8-10-3-5-11(14)6-4-10/h3-6,15H,7-9,14H2,1-2H3. The highest BCUT2D eigenvalue weighted by molar-refractivity contribution is 5.70. The molecule has 94 valence electrons. The summed E-state index contributed by atoms with van der Waals surface area (Å²) in [7, 11) is 0. The molecule has 1 aromatic rings. The van der Waals surface area contributed by atoms with Crippen LogP contribution in [0.15, 0.2) is 24.3 Å². The molecule has 0 spiro atoms. The van der Waals surface area contributed by atoms with Gasteiger partial charge in [0.15, 0.2) is 0 Å². The predicted molar refractivity (Wildman–Crippen MR) is 66.1 cm³/mol. The lowest BCUT2D eigenvalue weighted by atomic mass is 9.91. The van der Waals surface area contributed by atoms with Gasteiger partial charge in [0.05, 0.1) is 6.42 Å². The molecule has 0 bridgehead atoms. The minimum Gasteiger partial charge on any atom is -0.461 e. The van der Waals surface area contributed by atoms with Crippen molar-refractivity contribution in [3.8, 4) is 0 Å². The molecule has 0 aliphatic carbocycles. The molecule has 0 unspecified atom stereocenters. The smallest absolute Gasteiger partial charge is 0.306 e. The highest BCUT2D eigenvalue weighted by Gasteiger charge is 2.21. The van der Waals surface area contributed by atoms with Gasteiger partial charge in [-0.3, -0.25) is 4.79 Å². The third-order valence-electron chi connectivity index (χ3n) is 2.43. The Labute approximate surface area is 101 Å². The summed E-state index contributed by atoms with van der Waals surface area (Å²) >= 11 is 0. The molecular formula is C13H19NO3. The molecule has 3 N–H and O–H groups in total. The molecule has 0 amide bonds. The molecule has 0 aliphatic heterocycles. The van der Waals surface area contributed by atoms with Gasteiger partial charge in [0.1, 0.15) is 6.61 Å². The summed E-state index contributed by atoms with van der Waals surface area (Å²) in [5.41, 5.74) is 6.70. The SMILES string of the molecule is CC(C)(CO)CC(=O)OCc1ccc(N)cc1. The fourth-order valence-electron chi connectivity index (χ4n) is 1.28. The summed E-state index contributed by atoms with van der Waals surface area (Å²) in [5, 5.41) is 9.04. The van der Waals surface area contributed by atoms with E-state index < -0.39 is 5.41 Å². The summed E-state index contributed by atoms with van der Waals surface area (Å²) in [6, 6.07) is 7.17. The Bertz CT molecular complexity index is 371. The van der Waals surface area contributed by atoms with Crippen LogP contribution in [0, 0.1) is 5.41 Å². The number of carbonyl (C=O) groups is 1. The summed E-state index contributed by atoms with van der Waals surface area (Å²) in [6.07, 6.45) is 0.207. The third kappa shape index (κ3) is 4.87. The molecule has 0 atom stereocenters. The monoisotopic (exact) mass is 237 g/mol. The second kappa shape index (κ2) is 5.68. The molecule has 4 heteroatoms. The zero-order valence-corrected chi connectivity index (χ0v) is 10.3. The van der Waals surface area contributed by atoms with Gasteiger partial charge in [-0.15, -0.1) is 0 Å². The maximum atomic E-state index is 11.5. The molecule has 0 saturated carbocycles. The zero-order chi connectivity index (χ0) is 12.9. The van der Waals surface area contributed by atoms with E-state index in [1.165, 1.54) is 0 Å². The van der Waals surface area contributed by atoms with Crippen LogP contribution >= 0.6 is 0 Å². The van der Waals surface area contributed by atoms with Gasteiger partial charge >= 0.3 is 5.97 Å². The van der Waals surface area contributed by atoms with E-state index in [0.29, 0.717) is 5.69 Å². The van der Waals surface area contributed by atoms with Crippen LogP contribution in [0.3, 0.4) is 0 Å². The molecule has 4 nitrogen and oxygen atoms in total. The first-order valence-corrected chi connectivity index (χ1v) is 5.54. The van der Waals surface area contributed by atoms with E-state index >= 15 is 0 Å². The second-order valence-corrected chi connectivity index (χ2v) is 4.90. The lowest BCUT2D eigenvalue weighted by Crippen LogP contribution is -2.22. The van der Waals surface area contributed by atoms with Crippen molar-refractivity contribution < 1.29 is 14.6 Å². The lowest BCUT2D eigenvalue weighted by molar-refractivity contribution is -0.147. The van der Waals surface area contributed by atoms with Crippen molar-refractivity contribution in [1.29, 1.82) is 0 Å². The van der Waals surface area contributed by atoms with Crippen LogP contribution in [0.1, 0.15) is 25.8 Å². The van der Waals surface area contributed by atoms with Gasteiger partial charge in [0.2, 0.25) is 0 Å². The third-order valence-corrected chi connectivity index (χ3v) is 2.43. The molecule has 17 heavy (non-hydrogen) atoms. The average Bonchev–Trinajstić information content (AvgIpc) is 2.28. The van der Waals surface area contributed by atoms with Crippen molar-refractivity contribution in [2.45, 2.75) is 26.9 Å². The van der Waals surface area contributed by atoms with Crippen molar-refractivity contribution in [2.24, 2.45) is 5.41 Å². The van der Waals surface area contributed by atoms with Crippen molar-refractivity contribution in [1.82, 2.24) is 0 Å². The minimum atomic E-state index is -0.432. The number of ether oxygens (including phenoxy) is 1. The second-order valence-electron chi connectivity index (χ2n) is 4.90. The van der Waals surface area contributed by atoms with Crippen molar-refractivity contribution >= 4 is 11.7 Å². The number of hydrogen-bond acceptors (Lipinski definition) is 4. The van der Waals surface area contributed by atoms with E-state index in [0.717, 1.165) is 5.56 Å². The highest BCUT2D eigenvalue weighted by Crippen LogP contribution is 2.20. The Balaban J connectivity index is 2.41. The van der Waals surface area contributed by atoms with Crippen molar-refractivity contribution in [2.75, 3.05) is 12.3 Å². The van der Waals surface area contributed by atoms with Gasteiger partial charge in [-0.05, 0) is 23.1 Å². The van der Waals surface area contributed by atoms with Crippen LogP contribution in [-0.2, 0) is 16.1 Å². The maximum Gasteiger partial charge on any atom is 0.306 e. The fourth-order valence-corrected chi connectivity index (χ4v) is 1.28. The van der Waals surface area contributed by atoms with Crippen molar-refractivity contribution in [3.05, 3.63) is 29.8 Å². The molecule has 0 fully saturated rings. The van der Waals surface area contributed by atoms with Gasteiger partial charge < -0.3 is 15.6 Å². The first kappa shape index (κ1) is 13.5. The van der Waals surface area contributed by atoms with E-state index in [1.807, 2.05) is 26.0 Å². The quantitative estimate of drug-likeness (QED) is 0.604. The van der Waals surface area contributed by atoms with E-state index in [9.17, 15) is 4.79 Å². The zero-order valence-electron chi connectivity index (χ0n) is 10.3. The van der Waals surface area contributed by atoms with Crippen LogP contribution < -0.4 is 5.73 Å². The number of hydrogen-bond donors (Lipinski definition) is 2. The predicted octanol–water partition coefficient (Wildman–Crippen LogP) is 1.72. The number of nitrogen functional groups attached to an aromatic ring is 1. The molecule has 0 aromatic heterocycles. The molecule has 0 aliphatic rings. The van der Waals surface area contributed by atoms with Crippen LogP contribution in [0.25, 0.3) is 0 Å². The van der Waals surface area contributed by atoms with Gasteiger partial charge in [0, 0.05) is 12.3 Å². The van der Waals surface area contributed by atoms with Crippen LogP contribution in [0.5, 0.6) is 0 Å². The highest BCUT2D eigenvalue weighted by atomic mass is 16.5. The number of nitrogens with two attached hydrogens (primary N) is 1. The number of aliphatic hydroxyl groups excluding tert-OH is 1. The van der Waals surface area contributed by atoms with Gasteiger partial charge in [-0.2, -0.15) is 0 Å². The topological polar surface area (TPSA) is 72.5 Å². The number of carbonyl (C=O) groups excluding carboxylic acids is 1. The molecule has 0 radical (unpaired) electrons. The molecule has 0 heterocycles. The summed E-state index contributed by atoms with van der Waals surface area (Å²) in [5.74, 6) is -0.305. The van der Waals surface area contributed by atoms with Crippen molar-refractivity contribution in [3.63, 3.8) is 0 Å². The minimum absolute atomic E-state index is 0.0377. The Morgan fingerprint density at radius 1 is 1.35 bits per heavy atom. The largest absolute Gasteiger partial charge is 0.461 e. The normalized spacial score (nSPS) is 11.2. The van der Waals surface area contributed by atoms with Crippen LogP contribution in [0.4, 0.5) is 5.69 Å². The average molecular weight is 237 g/mol. The van der Waals surface area contributed by atoms with Gasteiger partial charge in [-0.1, -0.05) is 26.0 Å². The molecular weight excluding hydrogens is 218 g/mol. The number of esters is 1. The maximum absolute atomic E-state index is 11.5. The van der Waals surface area contributed by atoms with E-state index in [4.69, 9.17) is 15.6 Å². The summed E-state index contributed by atoms with van der Waals surface area (Å²) < 4.78 is 5.11. The Morgan fingerprint density at radius 3 is 2.47 bits per heavy atom. The van der Waals surface area contributed by atoms with E-state index in [2.05, 4.69) is 0 Å². The van der Waals surface area contributed by atoms with E-state index in [-0.39, 0.29) is 25.6 Å². The number of aliphatic hydroxyl groups is 1. The van der Waals surface area contributed by atoms with Crippen LogP contribution in [0.2, 0.25) is 0 Å². The van der Waals surface area contributed by atoms with Gasteiger partial charge in [0.25, 0.3) is 0 Å². The Hall–Kier alpha value is -1.55. The van der Waals surface area contributed by atoms with Crippen LogP contribution in [-0.4, -0.2) is 17.7 Å².